The first-order valence-electron chi connectivity index (χ1n) is 8.60. The van der Waals surface area contributed by atoms with E-state index in [2.05, 4.69) is 16.1 Å². The summed E-state index contributed by atoms with van der Waals surface area (Å²) in [5.74, 6) is -0.542. The van der Waals surface area contributed by atoms with Gasteiger partial charge >= 0.3 is 12.1 Å². The molecule has 1 radical (unpaired) electrons. The van der Waals surface area contributed by atoms with Gasteiger partial charge in [-0.3, -0.25) is 4.79 Å². The highest BCUT2D eigenvalue weighted by atomic mass is 32.2. The van der Waals surface area contributed by atoms with Crippen LogP contribution >= 0.6 is 0 Å². The van der Waals surface area contributed by atoms with Gasteiger partial charge in [-0.1, -0.05) is 18.2 Å². The number of anilines is 1. The molecule has 1 atom stereocenters. The molecule has 0 spiro atoms. The first kappa shape index (κ1) is 22.6. The number of hydrogen-bond acceptors (Lipinski definition) is 3. The average Bonchev–Trinajstić information content (AvgIpc) is 2.73. The second-order valence-electron chi connectivity index (χ2n) is 6.09. The number of carbonyl (C=O) groups is 1. The predicted molar refractivity (Wildman–Crippen MR) is 104 cm³/mol. The van der Waals surface area contributed by atoms with Gasteiger partial charge in [0.1, 0.15) is 5.75 Å². The zero-order chi connectivity index (χ0) is 22.6. The summed E-state index contributed by atoms with van der Waals surface area (Å²) in [7, 11) is 0. The molecule has 1 N–H and O–H groups in total. The van der Waals surface area contributed by atoms with Crippen molar-refractivity contribution in [1.29, 1.82) is 0 Å². The summed E-state index contributed by atoms with van der Waals surface area (Å²) in [5, 5.41) is 2.54. The molecule has 0 saturated heterocycles. The molecule has 3 aromatic rings. The highest BCUT2D eigenvalue weighted by Crippen LogP contribution is 2.31. The third-order valence-electron chi connectivity index (χ3n) is 3.99. The minimum atomic E-state index is -4.87. The number of carbonyl (C=O) groups excluding carboxylic acids is 1. The third kappa shape index (κ3) is 5.96. The van der Waals surface area contributed by atoms with Crippen molar-refractivity contribution in [3.8, 4) is 16.9 Å². The molecule has 4 nitrogen and oxygen atoms in total. The average molecular weight is 454 g/mol. The second kappa shape index (κ2) is 9.36. The highest BCUT2D eigenvalue weighted by Gasteiger charge is 2.45. The summed E-state index contributed by atoms with van der Waals surface area (Å²) in [6.45, 7) is -2.94. The fraction of sp³-hybridized carbons (Fsp3) is 0.0952. The Labute approximate surface area is 176 Å². The van der Waals surface area contributed by atoms with E-state index in [0.29, 0.717) is 11.1 Å². The fourth-order valence-electron chi connectivity index (χ4n) is 2.59. The van der Waals surface area contributed by atoms with E-state index in [1.165, 1.54) is 54.6 Å². The van der Waals surface area contributed by atoms with Crippen molar-refractivity contribution in [2.24, 2.45) is 0 Å². The van der Waals surface area contributed by atoms with Crippen LogP contribution in [0, 0.1) is 6.07 Å². The van der Waals surface area contributed by atoms with E-state index in [9.17, 15) is 31.3 Å². The molecule has 3 aromatic carbocycles. The lowest BCUT2D eigenvalue weighted by atomic mass is 10.0. The quantitative estimate of drug-likeness (QED) is 0.388. The van der Waals surface area contributed by atoms with E-state index in [0.717, 1.165) is 12.1 Å². The number of halogens is 5. The van der Waals surface area contributed by atoms with Gasteiger partial charge in [0, 0.05) is 11.3 Å². The van der Waals surface area contributed by atoms with Crippen LogP contribution in [0.5, 0.6) is 5.75 Å². The molecule has 31 heavy (non-hydrogen) atoms. The van der Waals surface area contributed by atoms with E-state index in [1.807, 2.05) is 0 Å². The van der Waals surface area contributed by atoms with Gasteiger partial charge in [-0.05, 0) is 65.7 Å². The maximum atomic E-state index is 12.5. The topological polar surface area (TPSA) is 61.4 Å². The fourth-order valence-corrected chi connectivity index (χ4v) is 3.24. The number of alkyl halides is 5. The second-order valence-corrected chi connectivity index (χ2v) is 7.56. The lowest BCUT2D eigenvalue weighted by Gasteiger charge is -2.12. The third-order valence-corrected chi connectivity index (χ3v) is 5.11. The lowest BCUT2D eigenvalue weighted by Crippen LogP contribution is -2.23. The van der Waals surface area contributed by atoms with Crippen LogP contribution < -0.4 is 10.1 Å². The summed E-state index contributed by atoms with van der Waals surface area (Å²) in [6, 6.07) is 17.7. The minimum absolute atomic E-state index is 0.0115. The number of ether oxygens (including phenoxy) is 1. The Morgan fingerprint density at radius 1 is 1.03 bits per heavy atom. The molecule has 0 heterocycles. The molecule has 0 aromatic heterocycles. The van der Waals surface area contributed by atoms with Crippen LogP contribution in [-0.4, -0.2) is 22.6 Å². The van der Waals surface area contributed by atoms with Crippen LogP contribution in [-0.2, 0) is 11.2 Å². The molecule has 161 valence electrons. The normalized spacial score (nSPS) is 12.5. The van der Waals surface area contributed by atoms with E-state index >= 15 is 0 Å². The van der Waals surface area contributed by atoms with Gasteiger partial charge in [-0.15, -0.1) is 13.2 Å². The number of benzene rings is 3. The first-order valence-corrected chi connectivity index (χ1v) is 9.75. The zero-order valence-electron chi connectivity index (χ0n) is 15.5. The SMILES string of the molecule is O=C(Nc1ccc([S+]([O-])C(F)(F)F)cc1)c1cc[c]c(-c2ccc(OC(F)F)cc2)c1. The molecule has 0 saturated carbocycles. The van der Waals surface area contributed by atoms with Crippen LogP contribution in [0.3, 0.4) is 0 Å². The zero-order valence-corrected chi connectivity index (χ0v) is 16.3. The molecule has 0 fully saturated rings. The number of amides is 1. The van der Waals surface area contributed by atoms with Crippen LogP contribution in [0.4, 0.5) is 27.6 Å². The Morgan fingerprint density at radius 3 is 2.26 bits per heavy atom. The van der Waals surface area contributed by atoms with Crippen LogP contribution in [0.15, 0.2) is 71.6 Å². The molecule has 0 aliphatic rings. The number of nitrogens with one attached hydrogen (secondary N) is 1. The van der Waals surface area contributed by atoms with E-state index < -0.39 is 34.1 Å². The van der Waals surface area contributed by atoms with Crippen molar-refractivity contribution in [3.63, 3.8) is 0 Å². The van der Waals surface area contributed by atoms with Gasteiger partial charge in [0.2, 0.25) is 0 Å². The predicted octanol–water partition coefficient (Wildman–Crippen LogP) is 5.63. The Balaban J connectivity index is 1.72. The molecule has 0 aliphatic carbocycles. The monoisotopic (exact) mass is 454 g/mol. The molecule has 0 aliphatic heterocycles. The Morgan fingerprint density at radius 2 is 1.68 bits per heavy atom. The Hall–Kier alpha value is -3.11. The smallest absolute Gasteiger partial charge is 0.578 e. The largest absolute Gasteiger partial charge is 0.604 e. The Bertz CT molecular complexity index is 1040. The number of rotatable bonds is 6. The maximum absolute atomic E-state index is 12.5. The van der Waals surface area contributed by atoms with Crippen LogP contribution in [0.2, 0.25) is 0 Å². The van der Waals surface area contributed by atoms with E-state index in [1.54, 1.807) is 0 Å². The van der Waals surface area contributed by atoms with Crippen molar-refractivity contribution < 1.29 is 36.0 Å². The van der Waals surface area contributed by atoms with Gasteiger partial charge in [0.15, 0.2) is 4.90 Å². The summed E-state index contributed by atoms with van der Waals surface area (Å²) in [6.07, 6.45) is 0. The minimum Gasteiger partial charge on any atom is -0.604 e. The lowest BCUT2D eigenvalue weighted by molar-refractivity contribution is -0.0499. The summed E-state index contributed by atoms with van der Waals surface area (Å²) in [5.41, 5.74) is -3.28. The van der Waals surface area contributed by atoms with E-state index in [4.69, 9.17) is 0 Å². The van der Waals surface area contributed by atoms with Crippen molar-refractivity contribution in [3.05, 3.63) is 78.4 Å². The van der Waals surface area contributed by atoms with Gasteiger partial charge in [0.25, 0.3) is 5.91 Å². The Kier molecular flexibility index (Phi) is 6.81. The van der Waals surface area contributed by atoms with E-state index in [-0.39, 0.29) is 17.0 Å². The highest BCUT2D eigenvalue weighted by molar-refractivity contribution is 7.92. The van der Waals surface area contributed by atoms with Crippen molar-refractivity contribution >= 4 is 22.8 Å². The summed E-state index contributed by atoms with van der Waals surface area (Å²) in [4.78, 5) is 12.1. The van der Waals surface area contributed by atoms with Gasteiger partial charge in [-0.25, -0.2) is 0 Å². The molecule has 10 heteroatoms. The molecule has 3 rings (SSSR count). The van der Waals surface area contributed by atoms with Crippen molar-refractivity contribution in [2.45, 2.75) is 17.0 Å². The first-order chi connectivity index (χ1) is 14.6. The van der Waals surface area contributed by atoms with Crippen LogP contribution in [0.25, 0.3) is 11.1 Å². The maximum Gasteiger partial charge on any atom is 0.578 e. The summed E-state index contributed by atoms with van der Waals surface area (Å²) >= 11 is -3.15. The van der Waals surface area contributed by atoms with Crippen LogP contribution in [0.1, 0.15) is 10.4 Å². The molecular weight excluding hydrogens is 441 g/mol. The molecule has 0 bridgehead atoms. The van der Waals surface area contributed by atoms with Gasteiger partial charge < -0.3 is 14.6 Å². The molecule has 1 amide bonds. The van der Waals surface area contributed by atoms with Gasteiger partial charge in [0.05, 0.1) is 11.2 Å². The standard InChI is InChI=1S/C21H13F5NO3S/c22-20(23)30-17-8-4-13(5-9-17)14-2-1-3-15(12-14)19(28)27-16-6-10-18(11-7-16)31(29)21(24,25)26/h1,3-12,20H,(H,27,28). The summed E-state index contributed by atoms with van der Waals surface area (Å²) < 4.78 is 77.6. The molecule has 1 unspecified atom stereocenters. The van der Waals surface area contributed by atoms with Crippen molar-refractivity contribution in [1.82, 2.24) is 0 Å². The van der Waals surface area contributed by atoms with Crippen molar-refractivity contribution in [2.75, 3.05) is 5.32 Å². The number of hydrogen-bond donors (Lipinski definition) is 1. The van der Waals surface area contributed by atoms with Gasteiger partial charge in [-0.2, -0.15) is 8.78 Å². The molecular formula is C21H13F5NO3S.